The highest BCUT2D eigenvalue weighted by Crippen LogP contribution is 2.27. The Kier molecular flexibility index (Phi) is 5.47. The number of nitriles is 1. The van der Waals surface area contributed by atoms with Gasteiger partial charge < -0.3 is 14.9 Å². The Bertz CT molecular complexity index is 874. The largest absolute Gasteiger partial charge is 0.448 e. The Balaban J connectivity index is 2.36. The third-order valence-electron chi connectivity index (χ3n) is 3.56. The summed E-state index contributed by atoms with van der Waals surface area (Å²) in [6.07, 6.45) is 2.06. The molecule has 0 aliphatic heterocycles. The summed E-state index contributed by atoms with van der Waals surface area (Å²) in [5.74, 6) is -1.83. The lowest BCUT2D eigenvalue weighted by Gasteiger charge is -2.19. The minimum absolute atomic E-state index is 0.0125. The van der Waals surface area contributed by atoms with Crippen LogP contribution in [0.15, 0.2) is 28.9 Å². The lowest BCUT2D eigenvalue weighted by molar-refractivity contribution is -0.130. The first kappa shape index (κ1) is 18.8. The molecule has 0 unspecified atom stereocenters. The van der Waals surface area contributed by atoms with Crippen LogP contribution in [0.4, 0.5) is 4.79 Å². The quantitative estimate of drug-likeness (QED) is 0.778. The highest BCUT2D eigenvalue weighted by Gasteiger charge is 2.32. The Hall–Kier alpha value is -3.54. The van der Waals surface area contributed by atoms with Gasteiger partial charge in [-0.05, 0) is 25.0 Å². The topological polar surface area (TPSA) is 140 Å². The standard InChI is InChI=1S/C17H18N4O5/c1-9(2)13(14(22)20-17(19)24)26-16(23)12-10(3)25-15(11(12)8-18)21-6-4-5-7-21/h4-7,9,13H,1-3H3,(H3,19,20,22,24)/t13-/m0/s1. The Morgan fingerprint density at radius 3 is 2.42 bits per heavy atom. The molecule has 0 aromatic carbocycles. The van der Waals surface area contributed by atoms with Crippen LogP contribution in [0.5, 0.6) is 0 Å². The van der Waals surface area contributed by atoms with Crippen molar-refractivity contribution in [1.82, 2.24) is 9.88 Å². The van der Waals surface area contributed by atoms with Gasteiger partial charge in [0, 0.05) is 12.4 Å². The van der Waals surface area contributed by atoms with Crippen LogP contribution in [-0.2, 0) is 9.53 Å². The molecule has 0 spiro atoms. The summed E-state index contributed by atoms with van der Waals surface area (Å²) in [5.41, 5.74) is 4.84. The Morgan fingerprint density at radius 2 is 1.92 bits per heavy atom. The van der Waals surface area contributed by atoms with Gasteiger partial charge in [0.15, 0.2) is 6.10 Å². The van der Waals surface area contributed by atoms with Gasteiger partial charge >= 0.3 is 12.0 Å². The zero-order valence-electron chi connectivity index (χ0n) is 14.5. The normalized spacial score (nSPS) is 11.7. The third kappa shape index (κ3) is 3.75. The summed E-state index contributed by atoms with van der Waals surface area (Å²) in [4.78, 5) is 35.5. The molecule has 3 N–H and O–H groups in total. The van der Waals surface area contributed by atoms with Gasteiger partial charge in [-0.2, -0.15) is 5.26 Å². The van der Waals surface area contributed by atoms with Crippen molar-refractivity contribution in [3.63, 3.8) is 0 Å². The number of imide groups is 1. The molecule has 2 aromatic rings. The first-order valence-electron chi connectivity index (χ1n) is 7.74. The molecule has 9 nitrogen and oxygen atoms in total. The van der Waals surface area contributed by atoms with Crippen molar-refractivity contribution in [2.75, 3.05) is 0 Å². The highest BCUT2D eigenvalue weighted by atomic mass is 16.5. The van der Waals surface area contributed by atoms with Crippen LogP contribution in [0, 0.1) is 24.2 Å². The molecule has 0 bridgehead atoms. The van der Waals surface area contributed by atoms with Crippen molar-refractivity contribution in [3.05, 3.63) is 41.4 Å². The number of furan rings is 1. The van der Waals surface area contributed by atoms with Crippen molar-refractivity contribution in [2.24, 2.45) is 11.7 Å². The molecule has 3 amide bonds. The molecule has 0 radical (unpaired) electrons. The predicted octanol–water partition coefficient (Wildman–Crippen LogP) is 1.63. The second-order valence-electron chi connectivity index (χ2n) is 5.84. The number of ether oxygens (including phenoxy) is 1. The van der Waals surface area contributed by atoms with Crippen LogP contribution >= 0.6 is 0 Å². The lowest BCUT2D eigenvalue weighted by Crippen LogP contribution is -2.45. The number of hydrogen-bond donors (Lipinski definition) is 2. The van der Waals surface area contributed by atoms with E-state index in [0.717, 1.165) is 0 Å². The second-order valence-corrected chi connectivity index (χ2v) is 5.84. The summed E-state index contributed by atoms with van der Waals surface area (Å²) < 4.78 is 12.3. The van der Waals surface area contributed by atoms with E-state index in [-0.39, 0.29) is 22.8 Å². The number of rotatable bonds is 5. The minimum atomic E-state index is -1.26. The molecule has 0 saturated carbocycles. The number of carbonyl (C=O) groups is 3. The number of carbonyl (C=O) groups excluding carboxylic acids is 3. The number of aryl methyl sites for hydroxylation is 1. The summed E-state index contributed by atoms with van der Waals surface area (Å²) in [7, 11) is 0. The number of hydrogen-bond acceptors (Lipinski definition) is 6. The summed E-state index contributed by atoms with van der Waals surface area (Å²) in [6, 6.07) is 4.35. The van der Waals surface area contributed by atoms with Gasteiger partial charge in [0.05, 0.1) is 0 Å². The molecule has 26 heavy (non-hydrogen) atoms. The smallest absolute Gasteiger partial charge is 0.343 e. The molecule has 2 aromatic heterocycles. The maximum Gasteiger partial charge on any atom is 0.343 e. The Labute approximate surface area is 149 Å². The molecule has 0 fully saturated rings. The van der Waals surface area contributed by atoms with E-state index < -0.39 is 29.9 Å². The van der Waals surface area contributed by atoms with Crippen LogP contribution in [0.3, 0.4) is 0 Å². The summed E-state index contributed by atoms with van der Waals surface area (Å²) in [5, 5.41) is 11.3. The number of esters is 1. The van der Waals surface area contributed by atoms with Gasteiger partial charge in [-0.25, -0.2) is 9.59 Å². The molecule has 2 heterocycles. The van der Waals surface area contributed by atoms with Gasteiger partial charge in [-0.3, -0.25) is 14.7 Å². The molecule has 0 aliphatic rings. The van der Waals surface area contributed by atoms with E-state index in [1.165, 1.54) is 6.92 Å². The van der Waals surface area contributed by atoms with Crippen molar-refractivity contribution in [1.29, 1.82) is 5.26 Å². The van der Waals surface area contributed by atoms with Crippen LogP contribution < -0.4 is 11.1 Å². The highest BCUT2D eigenvalue weighted by molar-refractivity contribution is 5.99. The van der Waals surface area contributed by atoms with Crippen molar-refractivity contribution in [2.45, 2.75) is 26.9 Å². The zero-order chi connectivity index (χ0) is 19.4. The minimum Gasteiger partial charge on any atom is -0.448 e. The Morgan fingerprint density at radius 1 is 1.31 bits per heavy atom. The van der Waals surface area contributed by atoms with E-state index in [9.17, 15) is 19.6 Å². The monoisotopic (exact) mass is 358 g/mol. The fourth-order valence-corrected chi connectivity index (χ4v) is 2.39. The van der Waals surface area contributed by atoms with E-state index in [1.54, 1.807) is 42.9 Å². The number of nitrogens with two attached hydrogens (primary N) is 1. The second kappa shape index (κ2) is 7.57. The fraction of sp³-hybridized carbons (Fsp3) is 0.294. The first-order chi connectivity index (χ1) is 12.3. The number of primary amides is 1. The van der Waals surface area contributed by atoms with Crippen molar-refractivity contribution >= 4 is 17.9 Å². The number of aromatic nitrogens is 1. The van der Waals surface area contributed by atoms with Crippen LogP contribution in [0.2, 0.25) is 0 Å². The van der Waals surface area contributed by atoms with Crippen LogP contribution in [0.25, 0.3) is 5.88 Å². The third-order valence-corrected chi connectivity index (χ3v) is 3.56. The SMILES string of the molecule is Cc1oc(-n2cccc2)c(C#N)c1C(=O)O[C@H](C(=O)NC(N)=O)C(C)C. The van der Waals surface area contributed by atoms with Crippen LogP contribution in [-0.4, -0.2) is 28.6 Å². The average Bonchev–Trinajstić information content (AvgIpc) is 3.18. The molecule has 2 rings (SSSR count). The molecule has 9 heteroatoms. The lowest BCUT2D eigenvalue weighted by atomic mass is 10.1. The van der Waals surface area contributed by atoms with E-state index in [1.807, 2.05) is 11.4 Å². The van der Waals surface area contributed by atoms with Crippen LogP contribution in [0.1, 0.15) is 35.5 Å². The van der Waals surface area contributed by atoms with E-state index in [0.29, 0.717) is 0 Å². The predicted molar refractivity (Wildman–Crippen MR) is 89.3 cm³/mol. The van der Waals surface area contributed by atoms with Gasteiger partial charge in [-0.15, -0.1) is 0 Å². The summed E-state index contributed by atoms with van der Waals surface area (Å²) >= 11 is 0. The first-order valence-corrected chi connectivity index (χ1v) is 7.74. The maximum atomic E-state index is 12.6. The van der Waals surface area contributed by atoms with E-state index >= 15 is 0 Å². The summed E-state index contributed by atoms with van der Waals surface area (Å²) in [6.45, 7) is 4.78. The van der Waals surface area contributed by atoms with Gasteiger partial charge in [0.2, 0.25) is 5.88 Å². The van der Waals surface area contributed by atoms with Gasteiger partial charge in [0.25, 0.3) is 5.91 Å². The number of urea groups is 1. The van der Waals surface area contributed by atoms with Gasteiger partial charge in [0.1, 0.15) is 23.0 Å². The molecule has 136 valence electrons. The maximum absolute atomic E-state index is 12.6. The number of nitrogens with one attached hydrogen (secondary N) is 1. The number of nitrogens with zero attached hydrogens (tertiary/aromatic N) is 2. The molecular formula is C17H18N4O5. The van der Waals surface area contributed by atoms with Crippen molar-refractivity contribution < 1.29 is 23.5 Å². The molecule has 0 aliphatic carbocycles. The van der Waals surface area contributed by atoms with E-state index in [4.69, 9.17) is 14.9 Å². The van der Waals surface area contributed by atoms with E-state index in [2.05, 4.69) is 0 Å². The molecular weight excluding hydrogens is 340 g/mol. The molecule has 0 saturated heterocycles. The van der Waals surface area contributed by atoms with Crippen molar-refractivity contribution in [3.8, 4) is 12.0 Å². The number of amides is 3. The molecule has 1 atom stereocenters. The fourth-order valence-electron chi connectivity index (χ4n) is 2.39. The zero-order valence-corrected chi connectivity index (χ0v) is 14.5. The van der Waals surface area contributed by atoms with Gasteiger partial charge in [-0.1, -0.05) is 13.8 Å². The average molecular weight is 358 g/mol.